The van der Waals surface area contributed by atoms with E-state index in [-0.39, 0.29) is 19.1 Å². The maximum Gasteiger partial charge on any atom is 0.231 e. The largest absolute Gasteiger partial charge is 0.454 e. The number of carbonyl (C=O) groups is 1. The first-order valence-corrected chi connectivity index (χ1v) is 11.5. The van der Waals surface area contributed by atoms with Crippen molar-refractivity contribution in [1.29, 1.82) is 0 Å². The number of aromatic nitrogens is 2. The number of ether oxygens (including phenoxy) is 2. The number of fused-ring (bicyclic) bond motifs is 1. The predicted molar refractivity (Wildman–Crippen MR) is 123 cm³/mol. The fourth-order valence-electron chi connectivity index (χ4n) is 4.12. The Hall–Kier alpha value is -3.55. The zero-order chi connectivity index (χ0) is 22.6. The molecule has 0 radical (unpaired) electrons. The van der Waals surface area contributed by atoms with Gasteiger partial charge in [0.1, 0.15) is 0 Å². The first-order chi connectivity index (χ1) is 16.1. The van der Waals surface area contributed by atoms with Crippen LogP contribution >= 0.6 is 0 Å². The van der Waals surface area contributed by atoms with E-state index in [0.29, 0.717) is 30.4 Å². The van der Waals surface area contributed by atoms with E-state index in [1.165, 1.54) is 18.5 Å². The van der Waals surface area contributed by atoms with Crippen LogP contribution in [0.3, 0.4) is 0 Å². The van der Waals surface area contributed by atoms with Crippen molar-refractivity contribution in [1.82, 2.24) is 15.5 Å². The van der Waals surface area contributed by atoms with Gasteiger partial charge >= 0.3 is 0 Å². The summed E-state index contributed by atoms with van der Waals surface area (Å²) in [6, 6.07) is 13.9. The molecule has 1 saturated heterocycles. The second-order valence-electron chi connectivity index (χ2n) is 8.69. The van der Waals surface area contributed by atoms with Crippen LogP contribution in [0, 0.1) is 5.92 Å². The van der Waals surface area contributed by atoms with Gasteiger partial charge in [0, 0.05) is 43.7 Å². The number of amides is 1. The third kappa shape index (κ3) is 5.10. The summed E-state index contributed by atoms with van der Waals surface area (Å²) in [7, 11) is 0. The predicted octanol–water partition coefficient (Wildman–Crippen LogP) is 3.95. The van der Waals surface area contributed by atoms with Gasteiger partial charge in [-0.25, -0.2) is 0 Å². The number of hydrogen-bond acceptors (Lipinski definition) is 7. The number of nitrogens with one attached hydrogen (secondary N) is 1. The molecule has 1 N–H and O–H groups in total. The molecule has 0 atom stereocenters. The number of nitrogens with zero attached hydrogens (tertiary/aromatic N) is 3. The fraction of sp³-hybridized carbons (Fsp3) is 0.400. The maximum atomic E-state index is 12.2. The van der Waals surface area contributed by atoms with Crippen LogP contribution in [0.15, 0.2) is 47.0 Å². The summed E-state index contributed by atoms with van der Waals surface area (Å²) in [6.07, 6.45) is 3.14. The average molecular weight is 449 g/mol. The van der Waals surface area contributed by atoms with Crippen LogP contribution in [0.2, 0.25) is 0 Å². The number of benzene rings is 2. The molecule has 3 heterocycles. The maximum absolute atomic E-state index is 12.2. The van der Waals surface area contributed by atoms with Crippen LogP contribution in [-0.2, 0) is 17.8 Å². The van der Waals surface area contributed by atoms with Crippen molar-refractivity contribution in [3.8, 4) is 22.9 Å². The van der Waals surface area contributed by atoms with Gasteiger partial charge in [-0.3, -0.25) is 4.79 Å². The monoisotopic (exact) mass is 448 g/mol. The van der Waals surface area contributed by atoms with Gasteiger partial charge in [-0.1, -0.05) is 18.1 Å². The topological polar surface area (TPSA) is 89.7 Å². The first-order valence-electron chi connectivity index (χ1n) is 11.5. The van der Waals surface area contributed by atoms with E-state index in [1.54, 1.807) is 0 Å². The van der Waals surface area contributed by atoms with Crippen molar-refractivity contribution in [3.05, 3.63) is 53.9 Å². The van der Waals surface area contributed by atoms with E-state index in [9.17, 15) is 4.79 Å². The molecule has 2 aliphatic heterocycles. The Balaban J connectivity index is 1.11. The molecular formula is C25H28N4O4. The SMILES string of the molecule is CC1CCN(c2ccc(-c3noc(CCC(=O)NCc4ccc5c(c4)OCO5)n3)cc2)CC1. The molecule has 8 nitrogen and oxygen atoms in total. The number of anilines is 1. The lowest BCUT2D eigenvalue weighted by Gasteiger charge is -2.32. The molecule has 0 saturated carbocycles. The third-order valence-corrected chi connectivity index (χ3v) is 6.23. The van der Waals surface area contributed by atoms with E-state index in [1.807, 2.05) is 30.3 Å². The van der Waals surface area contributed by atoms with Crippen LogP contribution in [0.5, 0.6) is 11.5 Å². The second kappa shape index (κ2) is 9.52. The quantitative estimate of drug-likeness (QED) is 0.585. The van der Waals surface area contributed by atoms with Crippen molar-refractivity contribution in [3.63, 3.8) is 0 Å². The minimum atomic E-state index is -0.0763. The lowest BCUT2D eigenvalue weighted by Crippen LogP contribution is -2.32. The summed E-state index contributed by atoms with van der Waals surface area (Å²) in [5, 5.41) is 7.00. The highest BCUT2D eigenvalue weighted by Crippen LogP contribution is 2.32. The summed E-state index contributed by atoms with van der Waals surface area (Å²) in [5.74, 6) is 3.17. The van der Waals surface area contributed by atoms with Gasteiger partial charge in [0.25, 0.3) is 0 Å². The molecule has 3 aromatic rings. The Bertz CT molecular complexity index is 1100. The standard InChI is InChI=1S/C25H28N4O4/c1-17-10-12-29(13-11-17)20-5-3-19(4-6-20)25-27-24(33-28-25)9-8-23(30)26-15-18-2-7-21-22(14-18)32-16-31-21/h2-7,14,17H,8-13,15-16H2,1H3,(H,26,30). The van der Waals surface area contributed by atoms with E-state index < -0.39 is 0 Å². The molecule has 172 valence electrons. The molecule has 1 amide bonds. The number of hydrogen-bond donors (Lipinski definition) is 1. The lowest BCUT2D eigenvalue weighted by atomic mass is 9.98. The molecule has 8 heteroatoms. The van der Waals surface area contributed by atoms with E-state index >= 15 is 0 Å². The van der Waals surface area contributed by atoms with E-state index in [4.69, 9.17) is 14.0 Å². The van der Waals surface area contributed by atoms with Gasteiger partial charge in [0.05, 0.1) is 0 Å². The van der Waals surface area contributed by atoms with Gasteiger partial charge in [0.15, 0.2) is 11.5 Å². The van der Waals surface area contributed by atoms with Crippen LogP contribution in [0.25, 0.3) is 11.4 Å². The Morgan fingerprint density at radius 3 is 2.70 bits per heavy atom. The van der Waals surface area contributed by atoms with Crippen LogP contribution < -0.4 is 19.7 Å². The fourth-order valence-corrected chi connectivity index (χ4v) is 4.12. The molecule has 5 rings (SSSR count). The summed E-state index contributed by atoms with van der Waals surface area (Å²) < 4.78 is 16.0. The van der Waals surface area contributed by atoms with E-state index in [2.05, 4.69) is 39.4 Å². The molecule has 0 aliphatic carbocycles. The smallest absolute Gasteiger partial charge is 0.231 e. The van der Waals surface area contributed by atoms with Gasteiger partial charge < -0.3 is 24.2 Å². The third-order valence-electron chi connectivity index (χ3n) is 6.23. The van der Waals surface area contributed by atoms with Crippen molar-refractivity contribution in [2.75, 3.05) is 24.8 Å². The highest BCUT2D eigenvalue weighted by atomic mass is 16.7. The van der Waals surface area contributed by atoms with E-state index in [0.717, 1.165) is 35.9 Å². The molecule has 0 spiro atoms. The molecule has 1 fully saturated rings. The lowest BCUT2D eigenvalue weighted by molar-refractivity contribution is -0.121. The first kappa shape index (κ1) is 21.3. The summed E-state index contributed by atoms with van der Waals surface area (Å²) in [5.41, 5.74) is 3.09. The van der Waals surface area contributed by atoms with Crippen molar-refractivity contribution in [2.24, 2.45) is 5.92 Å². The van der Waals surface area contributed by atoms with Crippen LogP contribution in [-0.4, -0.2) is 35.9 Å². The summed E-state index contributed by atoms with van der Waals surface area (Å²) in [6.45, 7) is 5.18. The summed E-state index contributed by atoms with van der Waals surface area (Å²) in [4.78, 5) is 19.1. The second-order valence-corrected chi connectivity index (χ2v) is 8.69. The minimum Gasteiger partial charge on any atom is -0.454 e. The zero-order valence-corrected chi connectivity index (χ0v) is 18.8. The van der Waals surface area contributed by atoms with Crippen molar-refractivity contribution >= 4 is 11.6 Å². The Kier molecular flexibility index (Phi) is 6.15. The molecule has 0 unspecified atom stereocenters. The van der Waals surface area contributed by atoms with Crippen LogP contribution in [0.1, 0.15) is 37.6 Å². The number of aryl methyl sites for hydroxylation is 1. The molecule has 0 bridgehead atoms. The number of piperidine rings is 1. The highest BCUT2D eigenvalue weighted by Gasteiger charge is 2.17. The highest BCUT2D eigenvalue weighted by molar-refractivity contribution is 5.76. The van der Waals surface area contributed by atoms with Crippen molar-refractivity contribution in [2.45, 2.75) is 39.2 Å². The summed E-state index contributed by atoms with van der Waals surface area (Å²) >= 11 is 0. The average Bonchev–Trinajstić information content (AvgIpc) is 3.51. The Morgan fingerprint density at radius 2 is 1.88 bits per heavy atom. The van der Waals surface area contributed by atoms with Gasteiger partial charge in [-0.15, -0.1) is 0 Å². The Labute approximate surface area is 192 Å². The molecule has 1 aromatic heterocycles. The van der Waals surface area contributed by atoms with Gasteiger partial charge in [-0.05, 0) is 60.7 Å². The number of carbonyl (C=O) groups excluding carboxylic acids is 1. The molecule has 2 aromatic carbocycles. The van der Waals surface area contributed by atoms with Crippen LogP contribution in [0.4, 0.5) is 5.69 Å². The molecule has 33 heavy (non-hydrogen) atoms. The molecular weight excluding hydrogens is 420 g/mol. The normalized spacial score (nSPS) is 15.6. The van der Waals surface area contributed by atoms with Gasteiger partial charge in [0.2, 0.25) is 24.4 Å². The van der Waals surface area contributed by atoms with Crippen molar-refractivity contribution < 1.29 is 18.8 Å². The van der Waals surface area contributed by atoms with Gasteiger partial charge in [-0.2, -0.15) is 4.98 Å². The minimum absolute atomic E-state index is 0.0763. The number of rotatable bonds is 7. The molecule has 2 aliphatic rings. The Morgan fingerprint density at radius 1 is 1.09 bits per heavy atom. The zero-order valence-electron chi connectivity index (χ0n) is 18.8.